The SMILES string of the molecule is CCNc1cc(CC(C)C)nc2c(C)cc(F)cc12. The molecule has 0 radical (unpaired) electrons. The number of aryl methyl sites for hydroxylation is 1. The number of benzene rings is 1. The molecule has 0 atom stereocenters. The second-order valence-corrected chi connectivity index (χ2v) is 5.41. The number of rotatable bonds is 4. The van der Waals surface area contributed by atoms with Crippen molar-refractivity contribution in [2.24, 2.45) is 5.92 Å². The van der Waals surface area contributed by atoms with Gasteiger partial charge >= 0.3 is 0 Å². The average molecular weight is 260 g/mol. The van der Waals surface area contributed by atoms with Gasteiger partial charge < -0.3 is 5.32 Å². The number of nitrogens with zero attached hydrogens (tertiary/aromatic N) is 1. The summed E-state index contributed by atoms with van der Waals surface area (Å²) in [5, 5.41) is 4.18. The number of aromatic nitrogens is 1. The van der Waals surface area contributed by atoms with Crippen molar-refractivity contribution in [1.82, 2.24) is 4.98 Å². The van der Waals surface area contributed by atoms with Gasteiger partial charge in [0.25, 0.3) is 0 Å². The fourth-order valence-electron chi connectivity index (χ4n) is 2.37. The topological polar surface area (TPSA) is 24.9 Å². The lowest BCUT2D eigenvalue weighted by atomic mass is 10.0. The molecule has 1 heterocycles. The number of nitrogens with one attached hydrogen (secondary N) is 1. The Hall–Kier alpha value is -1.64. The van der Waals surface area contributed by atoms with Crippen LogP contribution in [0.4, 0.5) is 10.1 Å². The van der Waals surface area contributed by atoms with Crippen LogP contribution in [0.5, 0.6) is 0 Å². The monoisotopic (exact) mass is 260 g/mol. The van der Waals surface area contributed by atoms with Crippen molar-refractivity contribution in [1.29, 1.82) is 0 Å². The molecule has 0 spiro atoms. The Morgan fingerprint density at radius 1 is 1.26 bits per heavy atom. The van der Waals surface area contributed by atoms with E-state index in [4.69, 9.17) is 4.98 Å². The standard InChI is InChI=1S/C16H21FN2/c1-5-18-15-9-13(6-10(2)3)19-16-11(4)7-12(17)8-14(15)16/h7-10H,5-6H2,1-4H3,(H,18,19). The van der Waals surface area contributed by atoms with E-state index in [2.05, 4.69) is 19.2 Å². The maximum absolute atomic E-state index is 13.6. The summed E-state index contributed by atoms with van der Waals surface area (Å²) in [5.74, 6) is 0.350. The van der Waals surface area contributed by atoms with Gasteiger partial charge in [0.1, 0.15) is 5.82 Å². The van der Waals surface area contributed by atoms with E-state index in [0.717, 1.165) is 40.8 Å². The van der Waals surface area contributed by atoms with Crippen LogP contribution in [0, 0.1) is 18.7 Å². The molecule has 0 aliphatic carbocycles. The average Bonchev–Trinajstić information content (AvgIpc) is 2.30. The Kier molecular flexibility index (Phi) is 4.03. The van der Waals surface area contributed by atoms with Gasteiger partial charge in [-0.05, 0) is 49.9 Å². The molecular formula is C16H21FN2. The van der Waals surface area contributed by atoms with Crippen LogP contribution < -0.4 is 5.32 Å². The Morgan fingerprint density at radius 3 is 2.63 bits per heavy atom. The lowest BCUT2D eigenvalue weighted by molar-refractivity contribution is 0.627. The Morgan fingerprint density at radius 2 is 2.00 bits per heavy atom. The summed E-state index contributed by atoms with van der Waals surface area (Å²) in [6.45, 7) is 9.12. The van der Waals surface area contributed by atoms with Gasteiger partial charge in [-0.3, -0.25) is 4.98 Å². The molecule has 0 aliphatic rings. The van der Waals surface area contributed by atoms with Gasteiger partial charge in [0.05, 0.1) is 5.52 Å². The summed E-state index contributed by atoms with van der Waals surface area (Å²) in [6, 6.07) is 5.15. The van der Waals surface area contributed by atoms with Crippen LogP contribution in [0.15, 0.2) is 18.2 Å². The molecular weight excluding hydrogens is 239 g/mol. The molecule has 0 unspecified atom stereocenters. The number of anilines is 1. The minimum atomic E-state index is -0.206. The third-order valence-electron chi connectivity index (χ3n) is 3.11. The molecule has 2 rings (SSSR count). The molecule has 0 saturated heterocycles. The van der Waals surface area contributed by atoms with Crippen molar-refractivity contribution in [3.05, 3.63) is 35.3 Å². The lowest BCUT2D eigenvalue weighted by Gasteiger charge is -2.13. The zero-order valence-corrected chi connectivity index (χ0v) is 12.0. The van der Waals surface area contributed by atoms with Crippen LogP contribution >= 0.6 is 0 Å². The van der Waals surface area contributed by atoms with Crippen LogP contribution in [0.3, 0.4) is 0 Å². The molecule has 1 aromatic heterocycles. The molecule has 0 bridgehead atoms. The van der Waals surface area contributed by atoms with Gasteiger partial charge in [-0.15, -0.1) is 0 Å². The molecule has 1 N–H and O–H groups in total. The minimum absolute atomic E-state index is 0.206. The van der Waals surface area contributed by atoms with Crippen LogP contribution in [-0.4, -0.2) is 11.5 Å². The summed E-state index contributed by atoms with van der Waals surface area (Å²) < 4.78 is 13.6. The van der Waals surface area contributed by atoms with Crippen LogP contribution in [0.2, 0.25) is 0 Å². The van der Waals surface area contributed by atoms with E-state index in [1.165, 1.54) is 0 Å². The molecule has 1 aromatic carbocycles. The predicted molar refractivity (Wildman–Crippen MR) is 79.1 cm³/mol. The first-order chi connectivity index (χ1) is 9.01. The molecule has 19 heavy (non-hydrogen) atoms. The van der Waals surface area contributed by atoms with Crippen LogP contribution in [-0.2, 0) is 6.42 Å². The van der Waals surface area contributed by atoms with Gasteiger partial charge in [-0.25, -0.2) is 4.39 Å². The Labute approximate surface area is 114 Å². The Balaban J connectivity index is 2.64. The molecule has 3 heteroatoms. The first kappa shape index (κ1) is 13.8. The number of hydrogen-bond acceptors (Lipinski definition) is 2. The Bertz CT molecular complexity index is 591. The quantitative estimate of drug-likeness (QED) is 0.886. The zero-order chi connectivity index (χ0) is 14.0. The fourth-order valence-corrected chi connectivity index (χ4v) is 2.37. The van der Waals surface area contributed by atoms with Crippen LogP contribution in [0.1, 0.15) is 32.0 Å². The summed E-state index contributed by atoms with van der Waals surface area (Å²) in [4.78, 5) is 4.69. The number of pyridine rings is 1. The van der Waals surface area contributed by atoms with E-state index in [-0.39, 0.29) is 5.82 Å². The summed E-state index contributed by atoms with van der Waals surface area (Å²) in [5.41, 5.74) is 3.83. The second kappa shape index (κ2) is 5.55. The molecule has 2 nitrogen and oxygen atoms in total. The van der Waals surface area contributed by atoms with E-state index in [1.807, 2.05) is 19.9 Å². The van der Waals surface area contributed by atoms with E-state index in [1.54, 1.807) is 12.1 Å². The zero-order valence-electron chi connectivity index (χ0n) is 12.0. The highest BCUT2D eigenvalue weighted by Gasteiger charge is 2.10. The lowest BCUT2D eigenvalue weighted by Crippen LogP contribution is -2.04. The third-order valence-corrected chi connectivity index (χ3v) is 3.11. The van der Waals surface area contributed by atoms with Crippen LogP contribution in [0.25, 0.3) is 10.9 Å². The summed E-state index contributed by atoms with van der Waals surface area (Å²) in [7, 11) is 0. The highest BCUT2D eigenvalue weighted by atomic mass is 19.1. The van der Waals surface area contributed by atoms with E-state index >= 15 is 0 Å². The van der Waals surface area contributed by atoms with E-state index < -0.39 is 0 Å². The van der Waals surface area contributed by atoms with E-state index in [0.29, 0.717) is 5.92 Å². The van der Waals surface area contributed by atoms with E-state index in [9.17, 15) is 4.39 Å². The molecule has 102 valence electrons. The van der Waals surface area contributed by atoms with Gasteiger partial charge in [-0.2, -0.15) is 0 Å². The molecule has 2 aromatic rings. The van der Waals surface area contributed by atoms with Crippen molar-refractivity contribution < 1.29 is 4.39 Å². The number of fused-ring (bicyclic) bond motifs is 1. The molecule has 0 fully saturated rings. The first-order valence-electron chi connectivity index (χ1n) is 6.85. The summed E-state index contributed by atoms with van der Waals surface area (Å²) in [6.07, 6.45) is 0.936. The second-order valence-electron chi connectivity index (χ2n) is 5.41. The molecule has 0 amide bonds. The van der Waals surface area contributed by atoms with Gasteiger partial charge in [0, 0.05) is 23.3 Å². The predicted octanol–water partition coefficient (Wildman–Crippen LogP) is 4.31. The largest absolute Gasteiger partial charge is 0.385 e. The van der Waals surface area contributed by atoms with Crippen molar-refractivity contribution in [3.8, 4) is 0 Å². The maximum atomic E-state index is 13.6. The highest BCUT2D eigenvalue weighted by molar-refractivity contribution is 5.93. The molecule has 0 saturated carbocycles. The third kappa shape index (κ3) is 3.03. The van der Waals surface area contributed by atoms with Gasteiger partial charge in [0.2, 0.25) is 0 Å². The van der Waals surface area contributed by atoms with Crippen molar-refractivity contribution >= 4 is 16.6 Å². The van der Waals surface area contributed by atoms with Gasteiger partial charge in [-0.1, -0.05) is 13.8 Å². The number of halogens is 1. The summed E-state index contributed by atoms with van der Waals surface area (Å²) >= 11 is 0. The first-order valence-corrected chi connectivity index (χ1v) is 6.85. The minimum Gasteiger partial charge on any atom is -0.385 e. The number of hydrogen-bond donors (Lipinski definition) is 1. The normalized spacial score (nSPS) is 11.3. The van der Waals surface area contributed by atoms with Crippen molar-refractivity contribution in [2.75, 3.05) is 11.9 Å². The molecule has 0 aliphatic heterocycles. The van der Waals surface area contributed by atoms with Crippen molar-refractivity contribution in [3.63, 3.8) is 0 Å². The van der Waals surface area contributed by atoms with Gasteiger partial charge in [0.15, 0.2) is 0 Å². The maximum Gasteiger partial charge on any atom is 0.124 e. The smallest absolute Gasteiger partial charge is 0.124 e. The highest BCUT2D eigenvalue weighted by Crippen LogP contribution is 2.27. The van der Waals surface area contributed by atoms with Crippen molar-refractivity contribution in [2.45, 2.75) is 34.1 Å². The fraction of sp³-hybridized carbons (Fsp3) is 0.438.